The number of likely N-dealkylation sites (tertiary alicyclic amines) is 2. The average Bonchev–Trinajstić information content (AvgIpc) is 2.79. The Kier molecular flexibility index (Phi) is 4.87. The maximum atomic E-state index is 2.66. The van der Waals surface area contributed by atoms with Crippen molar-refractivity contribution in [3.8, 4) is 0 Å². The molecule has 0 spiro atoms. The molecule has 0 aliphatic carbocycles. The van der Waals surface area contributed by atoms with E-state index in [2.05, 4.69) is 30.6 Å². The van der Waals surface area contributed by atoms with Crippen LogP contribution in [-0.4, -0.2) is 48.6 Å². The first-order chi connectivity index (χ1) is 8.19. The molecule has 1 unspecified atom stereocenters. The lowest BCUT2D eigenvalue weighted by Gasteiger charge is -2.32. The molecule has 0 N–H and O–H groups in total. The van der Waals surface area contributed by atoms with Crippen molar-refractivity contribution >= 4 is 0 Å². The molecule has 2 rings (SSSR count). The smallest absolute Gasteiger partial charge is 0.00387 e. The van der Waals surface area contributed by atoms with E-state index in [1.807, 2.05) is 0 Å². The van der Waals surface area contributed by atoms with Crippen molar-refractivity contribution in [2.24, 2.45) is 11.8 Å². The van der Waals surface area contributed by atoms with Crippen LogP contribution in [0.3, 0.4) is 0 Å². The normalized spacial score (nSPS) is 29.3. The molecule has 2 aliphatic heterocycles. The van der Waals surface area contributed by atoms with Gasteiger partial charge in [-0.15, -0.1) is 0 Å². The Bertz CT molecular complexity index is 219. The lowest BCUT2D eigenvalue weighted by Crippen LogP contribution is -2.34. The van der Waals surface area contributed by atoms with Gasteiger partial charge >= 0.3 is 0 Å². The molecule has 2 nitrogen and oxygen atoms in total. The summed E-state index contributed by atoms with van der Waals surface area (Å²) in [5.74, 6) is 2.02. The highest BCUT2D eigenvalue weighted by Gasteiger charge is 2.27. The summed E-state index contributed by atoms with van der Waals surface area (Å²) in [6.07, 6.45) is 5.85. The Balaban J connectivity index is 1.69. The predicted octanol–water partition coefficient (Wildman–Crippen LogP) is 2.84. The van der Waals surface area contributed by atoms with Crippen molar-refractivity contribution in [2.75, 3.05) is 32.7 Å². The molecular formula is C15H30N2. The van der Waals surface area contributed by atoms with E-state index in [0.29, 0.717) is 0 Å². The average molecular weight is 238 g/mol. The Morgan fingerprint density at radius 1 is 1.00 bits per heavy atom. The first-order valence-electron chi connectivity index (χ1n) is 7.65. The van der Waals surface area contributed by atoms with Crippen molar-refractivity contribution in [3.05, 3.63) is 0 Å². The molecule has 0 saturated carbocycles. The molecule has 0 amide bonds. The second kappa shape index (κ2) is 6.19. The first kappa shape index (κ1) is 13.4. The van der Waals surface area contributed by atoms with Crippen molar-refractivity contribution in [1.29, 1.82) is 0 Å². The minimum Gasteiger partial charge on any atom is -0.304 e. The Morgan fingerprint density at radius 3 is 2.18 bits per heavy atom. The van der Waals surface area contributed by atoms with Gasteiger partial charge in [0.15, 0.2) is 0 Å². The molecule has 2 fully saturated rings. The van der Waals surface area contributed by atoms with Gasteiger partial charge in [-0.05, 0) is 77.5 Å². The van der Waals surface area contributed by atoms with Crippen LogP contribution in [0.25, 0.3) is 0 Å². The zero-order valence-electron chi connectivity index (χ0n) is 12.0. The van der Waals surface area contributed by atoms with Gasteiger partial charge in [-0.3, -0.25) is 0 Å². The van der Waals surface area contributed by atoms with E-state index < -0.39 is 0 Å². The van der Waals surface area contributed by atoms with E-state index in [-0.39, 0.29) is 0 Å². The number of piperidine rings is 1. The van der Waals surface area contributed by atoms with Crippen LogP contribution >= 0.6 is 0 Å². The molecule has 1 atom stereocenters. The van der Waals surface area contributed by atoms with Gasteiger partial charge in [-0.2, -0.15) is 0 Å². The third-order valence-corrected chi connectivity index (χ3v) is 4.87. The van der Waals surface area contributed by atoms with Crippen LogP contribution in [0.5, 0.6) is 0 Å². The zero-order valence-corrected chi connectivity index (χ0v) is 12.0. The summed E-state index contributed by atoms with van der Waals surface area (Å²) in [4.78, 5) is 5.26. The zero-order chi connectivity index (χ0) is 12.3. The van der Waals surface area contributed by atoms with Crippen molar-refractivity contribution in [3.63, 3.8) is 0 Å². The van der Waals surface area contributed by atoms with Crippen molar-refractivity contribution < 1.29 is 0 Å². The minimum absolute atomic E-state index is 0.752. The number of rotatable bonds is 4. The van der Waals surface area contributed by atoms with E-state index in [0.717, 1.165) is 17.9 Å². The molecule has 2 heterocycles. The molecular weight excluding hydrogens is 208 g/mol. The molecule has 0 bridgehead atoms. The quantitative estimate of drug-likeness (QED) is 0.743. The second-order valence-corrected chi connectivity index (χ2v) is 6.36. The SMILES string of the molecule is CCN1CCC(CC2CCN(C(C)C)C2)CC1. The maximum Gasteiger partial charge on any atom is 0.00387 e. The van der Waals surface area contributed by atoms with Gasteiger partial charge in [0.2, 0.25) is 0 Å². The van der Waals surface area contributed by atoms with Crippen LogP contribution in [0.4, 0.5) is 0 Å². The summed E-state index contributed by atoms with van der Waals surface area (Å²) in [7, 11) is 0. The topological polar surface area (TPSA) is 6.48 Å². The fourth-order valence-corrected chi connectivity index (χ4v) is 3.53. The standard InChI is InChI=1S/C15H30N2/c1-4-16-8-5-14(6-9-16)11-15-7-10-17(12-15)13(2)3/h13-15H,4-12H2,1-3H3. The number of nitrogens with zero attached hydrogens (tertiary/aromatic N) is 2. The van der Waals surface area contributed by atoms with Gasteiger partial charge < -0.3 is 9.80 Å². The van der Waals surface area contributed by atoms with Crippen LogP contribution in [0, 0.1) is 11.8 Å². The van der Waals surface area contributed by atoms with Crippen LogP contribution < -0.4 is 0 Å². The van der Waals surface area contributed by atoms with E-state index in [1.54, 1.807) is 0 Å². The summed E-state index contributed by atoms with van der Waals surface area (Å²) < 4.78 is 0. The summed E-state index contributed by atoms with van der Waals surface area (Å²) >= 11 is 0. The number of hydrogen-bond donors (Lipinski definition) is 0. The summed E-state index contributed by atoms with van der Waals surface area (Å²) in [6.45, 7) is 13.6. The van der Waals surface area contributed by atoms with E-state index in [9.17, 15) is 0 Å². The van der Waals surface area contributed by atoms with Gasteiger partial charge in [0.25, 0.3) is 0 Å². The maximum absolute atomic E-state index is 2.66. The third-order valence-electron chi connectivity index (χ3n) is 4.87. The monoisotopic (exact) mass is 238 g/mol. The summed E-state index contributed by atoms with van der Waals surface area (Å²) in [5.41, 5.74) is 0. The highest BCUT2D eigenvalue weighted by atomic mass is 15.2. The summed E-state index contributed by atoms with van der Waals surface area (Å²) in [5, 5.41) is 0. The van der Waals surface area contributed by atoms with E-state index in [4.69, 9.17) is 0 Å². The fourth-order valence-electron chi connectivity index (χ4n) is 3.53. The van der Waals surface area contributed by atoms with Crippen LogP contribution in [0.1, 0.15) is 46.5 Å². The first-order valence-corrected chi connectivity index (χ1v) is 7.65. The number of hydrogen-bond acceptors (Lipinski definition) is 2. The highest BCUT2D eigenvalue weighted by molar-refractivity contribution is 4.81. The predicted molar refractivity (Wildman–Crippen MR) is 74.3 cm³/mol. The highest BCUT2D eigenvalue weighted by Crippen LogP contribution is 2.29. The molecule has 0 aromatic rings. The Hall–Kier alpha value is -0.0800. The molecule has 0 radical (unpaired) electrons. The van der Waals surface area contributed by atoms with Gasteiger partial charge in [0, 0.05) is 12.6 Å². The minimum atomic E-state index is 0.752. The van der Waals surface area contributed by atoms with Gasteiger partial charge in [-0.25, -0.2) is 0 Å². The fraction of sp³-hybridized carbons (Fsp3) is 1.00. The van der Waals surface area contributed by atoms with Crippen LogP contribution in [0.15, 0.2) is 0 Å². The molecule has 17 heavy (non-hydrogen) atoms. The molecule has 2 aliphatic rings. The Labute approximate surface area is 107 Å². The van der Waals surface area contributed by atoms with Crippen LogP contribution in [-0.2, 0) is 0 Å². The molecule has 0 aromatic heterocycles. The molecule has 2 heteroatoms. The van der Waals surface area contributed by atoms with E-state index >= 15 is 0 Å². The van der Waals surface area contributed by atoms with Gasteiger partial charge in [-0.1, -0.05) is 6.92 Å². The molecule has 100 valence electrons. The van der Waals surface area contributed by atoms with Gasteiger partial charge in [0.1, 0.15) is 0 Å². The lowest BCUT2D eigenvalue weighted by atomic mass is 9.87. The van der Waals surface area contributed by atoms with Crippen LogP contribution in [0.2, 0.25) is 0 Å². The molecule has 2 saturated heterocycles. The van der Waals surface area contributed by atoms with Gasteiger partial charge in [0.05, 0.1) is 0 Å². The van der Waals surface area contributed by atoms with Crippen molar-refractivity contribution in [2.45, 2.75) is 52.5 Å². The summed E-state index contributed by atoms with van der Waals surface area (Å²) in [6, 6.07) is 0.752. The third kappa shape index (κ3) is 3.69. The second-order valence-electron chi connectivity index (χ2n) is 6.36. The Morgan fingerprint density at radius 2 is 1.65 bits per heavy atom. The van der Waals surface area contributed by atoms with Crippen molar-refractivity contribution in [1.82, 2.24) is 9.80 Å². The van der Waals surface area contributed by atoms with E-state index in [1.165, 1.54) is 58.4 Å². The molecule has 0 aromatic carbocycles. The lowest BCUT2D eigenvalue weighted by molar-refractivity contribution is 0.171. The largest absolute Gasteiger partial charge is 0.304 e.